The molecule has 0 heterocycles. The van der Waals surface area contributed by atoms with E-state index in [0.717, 1.165) is 24.3 Å². The second kappa shape index (κ2) is 8.34. The smallest absolute Gasteiger partial charge is 0.418 e. The lowest BCUT2D eigenvalue weighted by Crippen LogP contribution is -2.23. The van der Waals surface area contributed by atoms with E-state index in [9.17, 15) is 32.7 Å². The van der Waals surface area contributed by atoms with Crippen molar-refractivity contribution in [2.45, 2.75) is 26.9 Å². The lowest BCUT2D eigenvalue weighted by molar-refractivity contribution is -0.136. The van der Waals surface area contributed by atoms with Crippen molar-refractivity contribution < 1.29 is 37.4 Å². The van der Waals surface area contributed by atoms with Crippen LogP contribution in [0.4, 0.5) is 18.9 Å². The first-order valence-electron chi connectivity index (χ1n) is 8.51. The summed E-state index contributed by atoms with van der Waals surface area (Å²) in [5, 5.41) is 11.6. The first kappa shape index (κ1) is 21.9. The maximum atomic E-state index is 13.2. The van der Waals surface area contributed by atoms with Crippen molar-refractivity contribution in [3.63, 3.8) is 0 Å². The van der Waals surface area contributed by atoms with Gasteiger partial charge in [-0.2, -0.15) is 13.2 Å². The standard InChI is InChI=1S/C20H18F3NO5/c1-4-29-19(28)15-10(2)9-12(18(26)27)16(11(15)3)17(25)24-14-8-6-5-7-13(14)20(21,22)23/h5-9H,4H2,1-3H3,(H,24,25)(H,26,27). The van der Waals surface area contributed by atoms with Gasteiger partial charge in [0.25, 0.3) is 5.91 Å². The van der Waals surface area contributed by atoms with E-state index in [1.165, 1.54) is 19.9 Å². The molecule has 2 N–H and O–H groups in total. The zero-order chi connectivity index (χ0) is 21.9. The number of hydrogen-bond acceptors (Lipinski definition) is 4. The summed E-state index contributed by atoms with van der Waals surface area (Å²) in [6, 6.07) is 5.43. The third-order valence-electron chi connectivity index (χ3n) is 4.19. The number of hydrogen-bond donors (Lipinski definition) is 2. The summed E-state index contributed by atoms with van der Waals surface area (Å²) in [7, 11) is 0. The molecule has 0 saturated carbocycles. The monoisotopic (exact) mass is 409 g/mol. The van der Waals surface area contributed by atoms with Crippen LogP contribution in [0.2, 0.25) is 0 Å². The normalized spacial score (nSPS) is 11.1. The van der Waals surface area contributed by atoms with Crippen LogP contribution in [0.1, 0.15) is 54.7 Å². The number of amides is 1. The van der Waals surface area contributed by atoms with Crippen LogP contribution in [0.3, 0.4) is 0 Å². The summed E-state index contributed by atoms with van der Waals surface area (Å²) in [4.78, 5) is 36.7. The van der Waals surface area contributed by atoms with Gasteiger partial charge in [-0.3, -0.25) is 4.79 Å². The highest BCUT2D eigenvalue weighted by molar-refractivity contribution is 6.13. The van der Waals surface area contributed by atoms with Crippen LogP contribution >= 0.6 is 0 Å². The van der Waals surface area contributed by atoms with Gasteiger partial charge < -0.3 is 15.2 Å². The summed E-state index contributed by atoms with van der Waals surface area (Å²) < 4.78 is 44.5. The number of esters is 1. The van der Waals surface area contributed by atoms with Crippen LogP contribution in [0.15, 0.2) is 30.3 Å². The minimum absolute atomic E-state index is 0.00263. The van der Waals surface area contributed by atoms with E-state index < -0.39 is 46.4 Å². The summed E-state index contributed by atoms with van der Waals surface area (Å²) in [5.74, 6) is -3.30. The van der Waals surface area contributed by atoms with Crippen LogP contribution in [-0.2, 0) is 10.9 Å². The predicted octanol–water partition coefficient (Wildman–Crippen LogP) is 4.45. The van der Waals surface area contributed by atoms with Crippen molar-refractivity contribution in [3.8, 4) is 0 Å². The third kappa shape index (κ3) is 4.56. The Labute approximate surface area is 164 Å². The van der Waals surface area contributed by atoms with E-state index in [1.54, 1.807) is 6.92 Å². The molecule has 0 aliphatic rings. The number of carboxylic acid groups (broad SMARTS) is 1. The van der Waals surface area contributed by atoms with Crippen LogP contribution in [-0.4, -0.2) is 29.6 Å². The predicted molar refractivity (Wildman–Crippen MR) is 98.2 cm³/mol. The molecule has 0 unspecified atom stereocenters. The van der Waals surface area contributed by atoms with Crippen LogP contribution in [0, 0.1) is 13.8 Å². The minimum Gasteiger partial charge on any atom is -0.478 e. The molecule has 0 saturated heterocycles. The molecule has 6 nitrogen and oxygen atoms in total. The number of aromatic carboxylic acids is 1. The Morgan fingerprint density at radius 2 is 1.72 bits per heavy atom. The van der Waals surface area contributed by atoms with Gasteiger partial charge in [0, 0.05) is 0 Å². The molecule has 0 atom stereocenters. The Morgan fingerprint density at radius 1 is 1.10 bits per heavy atom. The molecule has 2 aromatic carbocycles. The molecule has 0 radical (unpaired) electrons. The number of ether oxygens (including phenoxy) is 1. The number of halogens is 3. The van der Waals surface area contributed by atoms with E-state index in [1.807, 2.05) is 0 Å². The van der Waals surface area contributed by atoms with Gasteiger partial charge in [-0.1, -0.05) is 12.1 Å². The maximum absolute atomic E-state index is 13.2. The summed E-state index contributed by atoms with van der Waals surface area (Å²) in [6.45, 7) is 4.46. The molecule has 0 fully saturated rings. The van der Waals surface area contributed by atoms with Crippen LogP contribution in [0.25, 0.3) is 0 Å². The molecule has 0 bridgehead atoms. The van der Waals surface area contributed by atoms with Gasteiger partial charge in [0.15, 0.2) is 0 Å². The SMILES string of the molecule is CCOC(=O)c1c(C)cc(C(=O)O)c(C(=O)Nc2ccccc2C(F)(F)F)c1C. The Balaban J connectivity index is 2.62. The highest BCUT2D eigenvalue weighted by Crippen LogP contribution is 2.35. The average Bonchev–Trinajstić information content (AvgIpc) is 2.60. The fraction of sp³-hybridized carbons (Fsp3) is 0.250. The number of aryl methyl sites for hydroxylation is 1. The highest BCUT2D eigenvalue weighted by atomic mass is 19.4. The van der Waals surface area contributed by atoms with Crippen molar-refractivity contribution in [1.29, 1.82) is 0 Å². The maximum Gasteiger partial charge on any atom is 0.418 e. The van der Waals surface area contributed by atoms with Crippen molar-refractivity contribution in [2.24, 2.45) is 0 Å². The number of para-hydroxylation sites is 1. The van der Waals surface area contributed by atoms with E-state index >= 15 is 0 Å². The molecule has 9 heteroatoms. The quantitative estimate of drug-likeness (QED) is 0.712. The van der Waals surface area contributed by atoms with E-state index in [2.05, 4.69) is 5.32 Å². The summed E-state index contributed by atoms with van der Waals surface area (Å²) >= 11 is 0. The second-order valence-corrected chi connectivity index (χ2v) is 6.14. The Morgan fingerprint density at radius 3 is 2.28 bits per heavy atom. The van der Waals surface area contributed by atoms with Gasteiger partial charge in [0.2, 0.25) is 0 Å². The topological polar surface area (TPSA) is 92.7 Å². The van der Waals surface area contributed by atoms with Crippen molar-refractivity contribution in [3.05, 3.63) is 63.7 Å². The van der Waals surface area contributed by atoms with Gasteiger partial charge in [0.1, 0.15) is 0 Å². The lowest BCUT2D eigenvalue weighted by Gasteiger charge is -2.18. The molecular formula is C20H18F3NO5. The van der Waals surface area contributed by atoms with Crippen molar-refractivity contribution in [1.82, 2.24) is 0 Å². The lowest BCUT2D eigenvalue weighted by atomic mass is 9.92. The molecule has 0 aliphatic carbocycles. The number of anilines is 1. The van der Waals surface area contributed by atoms with Gasteiger partial charge in [-0.05, 0) is 50.1 Å². The second-order valence-electron chi connectivity index (χ2n) is 6.14. The molecule has 1 amide bonds. The van der Waals surface area contributed by atoms with Gasteiger partial charge in [0.05, 0.1) is 34.5 Å². The number of benzene rings is 2. The van der Waals surface area contributed by atoms with Crippen LogP contribution < -0.4 is 5.32 Å². The van der Waals surface area contributed by atoms with E-state index in [0.29, 0.717) is 0 Å². The summed E-state index contributed by atoms with van der Waals surface area (Å²) in [5.41, 5.74) is -2.20. The largest absolute Gasteiger partial charge is 0.478 e. The zero-order valence-electron chi connectivity index (χ0n) is 15.8. The zero-order valence-corrected chi connectivity index (χ0v) is 15.8. The number of nitrogens with one attached hydrogen (secondary N) is 1. The molecule has 0 aromatic heterocycles. The molecule has 2 rings (SSSR count). The fourth-order valence-corrected chi connectivity index (χ4v) is 2.99. The van der Waals surface area contributed by atoms with E-state index in [4.69, 9.17) is 4.74 Å². The number of rotatable bonds is 5. The number of carbonyl (C=O) groups excluding carboxylic acids is 2. The first-order valence-corrected chi connectivity index (χ1v) is 8.51. The van der Waals surface area contributed by atoms with Gasteiger partial charge in [-0.15, -0.1) is 0 Å². The number of carbonyl (C=O) groups is 3. The molecule has 2 aromatic rings. The third-order valence-corrected chi connectivity index (χ3v) is 4.19. The molecule has 29 heavy (non-hydrogen) atoms. The van der Waals surface area contributed by atoms with Gasteiger partial charge >= 0.3 is 18.1 Å². The van der Waals surface area contributed by atoms with Crippen molar-refractivity contribution >= 4 is 23.5 Å². The molecule has 0 spiro atoms. The number of alkyl halides is 3. The average molecular weight is 409 g/mol. The fourth-order valence-electron chi connectivity index (χ4n) is 2.99. The van der Waals surface area contributed by atoms with E-state index in [-0.39, 0.29) is 23.3 Å². The Kier molecular flexibility index (Phi) is 6.31. The minimum atomic E-state index is -4.72. The first-order chi connectivity index (χ1) is 13.5. The van der Waals surface area contributed by atoms with Crippen LogP contribution in [0.5, 0.6) is 0 Å². The Bertz CT molecular complexity index is 983. The summed E-state index contributed by atoms with van der Waals surface area (Å²) in [6.07, 6.45) is -4.72. The highest BCUT2D eigenvalue weighted by Gasteiger charge is 2.34. The number of carboxylic acids is 1. The molecule has 0 aliphatic heterocycles. The Hall–Kier alpha value is -3.36. The van der Waals surface area contributed by atoms with Crippen molar-refractivity contribution in [2.75, 3.05) is 11.9 Å². The molecular weight excluding hydrogens is 391 g/mol. The van der Waals surface area contributed by atoms with Gasteiger partial charge in [-0.25, -0.2) is 9.59 Å². The molecule has 154 valence electrons.